The predicted molar refractivity (Wildman–Crippen MR) is 74.1 cm³/mol. The highest BCUT2D eigenvalue weighted by atomic mass is 19.1. The summed E-state index contributed by atoms with van der Waals surface area (Å²) in [5.74, 6) is -2.24. The van der Waals surface area contributed by atoms with Crippen molar-refractivity contribution in [3.63, 3.8) is 0 Å². The first-order chi connectivity index (χ1) is 9.32. The number of hydrogen-bond donors (Lipinski definition) is 2. The molecule has 0 saturated heterocycles. The van der Waals surface area contributed by atoms with Crippen molar-refractivity contribution in [1.29, 1.82) is 0 Å². The molecule has 0 saturated carbocycles. The third kappa shape index (κ3) is 4.33. The molecular weight excluding hydrogens is 261 g/mol. The van der Waals surface area contributed by atoms with Crippen molar-refractivity contribution in [1.82, 2.24) is 5.32 Å². The average Bonchev–Trinajstić information content (AvgIpc) is 2.36. The zero-order chi connectivity index (χ0) is 15.3. The van der Waals surface area contributed by atoms with Gasteiger partial charge < -0.3 is 10.4 Å². The molecule has 0 fully saturated rings. The van der Waals surface area contributed by atoms with Crippen LogP contribution in [-0.2, 0) is 4.79 Å². The lowest BCUT2D eigenvalue weighted by Gasteiger charge is -2.16. The molecule has 0 bridgehead atoms. The molecule has 0 aliphatic rings. The summed E-state index contributed by atoms with van der Waals surface area (Å²) in [6.45, 7) is 5.41. The second-order valence-electron chi connectivity index (χ2n) is 5.29. The number of rotatable bonds is 6. The summed E-state index contributed by atoms with van der Waals surface area (Å²) in [7, 11) is 0. The maximum Gasteiger partial charge on any atom is 0.308 e. The van der Waals surface area contributed by atoms with Crippen LogP contribution in [0.25, 0.3) is 0 Å². The van der Waals surface area contributed by atoms with Crippen molar-refractivity contribution in [3.8, 4) is 0 Å². The van der Waals surface area contributed by atoms with Crippen LogP contribution in [0.5, 0.6) is 0 Å². The molecule has 0 radical (unpaired) electrons. The quantitative estimate of drug-likeness (QED) is 0.842. The number of carboxylic acids is 1. The van der Waals surface area contributed by atoms with E-state index in [1.165, 1.54) is 25.1 Å². The van der Waals surface area contributed by atoms with Crippen LogP contribution in [0.4, 0.5) is 4.39 Å². The van der Waals surface area contributed by atoms with E-state index < -0.39 is 23.6 Å². The molecule has 20 heavy (non-hydrogen) atoms. The van der Waals surface area contributed by atoms with Crippen LogP contribution < -0.4 is 5.32 Å². The minimum atomic E-state index is -0.935. The number of carbonyl (C=O) groups excluding carboxylic acids is 1. The van der Waals surface area contributed by atoms with Gasteiger partial charge in [0.1, 0.15) is 5.82 Å². The van der Waals surface area contributed by atoms with Crippen LogP contribution in [0.3, 0.4) is 0 Å². The molecule has 0 heterocycles. The highest BCUT2D eigenvalue weighted by molar-refractivity contribution is 5.95. The zero-order valence-corrected chi connectivity index (χ0v) is 11.9. The summed E-state index contributed by atoms with van der Waals surface area (Å²) in [5, 5.41) is 11.7. The van der Waals surface area contributed by atoms with E-state index in [-0.39, 0.29) is 23.6 Å². The van der Waals surface area contributed by atoms with Gasteiger partial charge in [-0.05, 0) is 37.0 Å². The zero-order valence-electron chi connectivity index (χ0n) is 11.9. The van der Waals surface area contributed by atoms with Crippen LogP contribution in [0, 0.1) is 24.6 Å². The van der Waals surface area contributed by atoms with Crippen LogP contribution in [0.15, 0.2) is 18.2 Å². The number of amides is 1. The molecule has 0 aliphatic carbocycles. The second-order valence-corrected chi connectivity index (χ2v) is 5.29. The van der Waals surface area contributed by atoms with Crippen molar-refractivity contribution in [2.24, 2.45) is 11.8 Å². The standard InChI is InChI=1S/C15H20FNO3/c1-9(2)7-11(15(19)20)8-17-14(18)12-5-4-6-13(16)10(12)3/h4-6,9,11H,7-8H2,1-3H3,(H,17,18)(H,19,20). The number of carbonyl (C=O) groups is 2. The summed E-state index contributed by atoms with van der Waals surface area (Å²) in [6.07, 6.45) is 0.484. The number of aliphatic carboxylic acids is 1. The molecular formula is C15H20FNO3. The summed E-state index contributed by atoms with van der Waals surface area (Å²) >= 11 is 0. The number of hydrogen-bond acceptors (Lipinski definition) is 2. The van der Waals surface area contributed by atoms with Crippen molar-refractivity contribution >= 4 is 11.9 Å². The lowest BCUT2D eigenvalue weighted by molar-refractivity contribution is -0.142. The minimum absolute atomic E-state index is 0.0439. The Morgan fingerprint density at radius 1 is 1.35 bits per heavy atom. The van der Waals surface area contributed by atoms with E-state index in [0.717, 1.165) is 0 Å². The fourth-order valence-corrected chi connectivity index (χ4v) is 2.01. The lowest BCUT2D eigenvalue weighted by atomic mass is 9.97. The molecule has 2 N–H and O–H groups in total. The van der Waals surface area contributed by atoms with E-state index >= 15 is 0 Å². The fraction of sp³-hybridized carbons (Fsp3) is 0.467. The van der Waals surface area contributed by atoms with Crippen molar-refractivity contribution in [3.05, 3.63) is 35.1 Å². The molecule has 0 aromatic heterocycles. The van der Waals surface area contributed by atoms with Crippen molar-refractivity contribution in [2.75, 3.05) is 6.54 Å². The van der Waals surface area contributed by atoms with Gasteiger partial charge in [0, 0.05) is 12.1 Å². The number of carboxylic acid groups (broad SMARTS) is 1. The van der Waals surface area contributed by atoms with Gasteiger partial charge in [-0.25, -0.2) is 4.39 Å². The van der Waals surface area contributed by atoms with Gasteiger partial charge >= 0.3 is 5.97 Å². The summed E-state index contributed by atoms with van der Waals surface area (Å²) < 4.78 is 13.4. The summed E-state index contributed by atoms with van der Waals surface area (Å²) in [5.41, 5.74) is 0.499. The van der Waals surface area contributed by atoms with Gasteiger partial charge in [0.15, 0.2) is 0 Å². The Labute approximate surface area is 118 Å². The second kappa shape index (κ2) is 7.03. The molecule has 5 heteroatoms. The van der Waals surface area contributed by atoms with E-state index in [9.17, 15) is 14.0 Å². The SMILES string of the molecule is Cc1c(F)cccc1C(=O)NCC(CC(C)C)C(=O)O. The topological polar surface area (TPSA) is 66.4 Å². The van der Waals surface area contributed by atoms with Crippen LogP contribution in [0.1, 0.15) is 36.2 Å². The Hall–Kier alpha value is -1.91. The maximum atomic E-state index is 13.4. The fourth-order valence-electron chi connectivity index (χ4n) is 2.01. The Bertz CT molecular complexity index is 500. The third-order valence-electron chi connectivity index (χ3n) is 3.13. The lowest BCUT2D eigenvalue weighted by Crippen LogP contribution is -2.34. The van der Waals surface area contributed by atoms with Crippen molar-refractivity contribution < 1.29 is 19.1 Å². The minimum Gasteiger partial charge on any atom is -0.481 e. The Kier molecular flexibility index (Phi) is 5.67. The Morgan fingerprint density at radius 2 is 2.00 bits per heavy atom. The number of nitrogens with one attached hydrogen (secondary N) is 1. The maximum absolute atomic E-state index is 13.4. The van der Waals surface area contributed by atoms with Crippen LogP contribution >= 0.6 is 0 Å². The largest absolute Gasteiger partial charge is 0.481 e. The molecule has 4 nitrogen and oxygen atoms in total. The Balaban J connectivity index is 2.70. The number of benzene rings is 1. The van der Waals surface area contributed by atoms with Gasteiger partial charge in [0.05, 0.1) is 5.92 Å². The van der Waals surface area contributed by atoms with Gasteiger partial charge in [-0.2, -0.15) is 0 Å². The molecule has 110 valence electrons. The molecule has 0 aliphatic heterocycles. The molecule has 1 unspecified atom stereocenters. The van der Waals surface area contributed by atoms with Crippen LogP contribution in [0.2, 0.25) is 0 Å². The van der Waals surface area contributed by atoms with E-state index in [4.69, 9.17) is 5.11 Å². The van der Waals surface area contributed by atoms with Gasteiger partial charge in [-0.1, -0.05) is 19.9 Å². The smallest absolute Gasteiger partial charge is 0.308 e. The normalized spacial score (nSPS) is 12.2. The van der Waals surface area contributed by atoms with Gasteiger partial charge in [0.25, 0.3) is 5.91 Å². The van der Waals surface area contributed by atoms with Gasteiger partial charge in [-0.15, -0.1) is 0 Å². The summed E-state index contributed by atoms with van der Waals surface area (Å²) in [4.78, 5) is 23.1. The Morgan fingerprint density at radius 3 is 2.55 bits per heavy atom. The first-order valence-corrected chi connectivity index (χ1v) is 6.59. The van der Waals surface area contributed by atoms with E-state index in [0.29, 0.717) is 6.42 Å². The summed E-state index contributed by atoms with van der Waals surface area (Å²) in [6, 6.07) is 4.26. The first kappa shape index (κ1) is 16.1. The highest BCUT2D eigenvalue weighted by Gasteiger charge is 2.20. The van der Waals surface area contributed by atoms with Crippen molar-refractivity contribution in [2.45, 2.75) is 27.2 Å². The molecule has 1 aromatic rings. The molecule has 1 rings (SSSR count). The third-order valence-corrected chi connectivity index (χ3v) is 3.13. The van der Waals surface area contributed by atoms with Gasteiger partial charge in [0.2, 0.25) is 0 Å². The predicted octanol–water partition coefficient (Wildman–Crippen LogP) is 2.61. The van der Waals surface area contributed by atoms with E-state index in [2.05, 4.69) is 5.32 Å². The molecule has 1 amide bonds. The van der Waals surface area contributed by atoms with Gasteiger partial charge in [-0.3, -0.25) is 9.59 Å². The first-order valence-electron chi connectivity index (χ1n) is 6.59. The molecule has 1 aromatic carbocycles. The molecule has 0 spiro atoms. The molecule has 1 atom stereocenters. The van der Waals surface area contributed by atoms with E-state index in [1.807, 2.05) is 13.8 Å². The number of halogens is 1. The highest BCUT2D eigenvalue weighted by Crippen LogP contribution is 2.14. The monoisotopic (exact) mass is 281 g/mol. The van der Waals surface area contributed by atoms with Crippen LogP contribution in [-0.4, -0.2) is 23.5 Å². The van der Waals surface area contributed by atoms with E-state index in [1.54, 1.807) is 0 Å². The average molecular weight is 281 g/mol.